The third kappa shape index (κ3) is 2.94. The fourth-order valence-electron chi connectivity index (χ4n) is 4.22. The summed E-state index contributed by atoms with van der Waals surface area (Å²) in [5.41, 5.74) is 0.868. The highest BCUT2D eigenvalue weighted by molar-refractivity contribution is 8.00. The fraction of sp³-hybridized carbons (Fsp3) is 0.526. The maximum Gasteiger partial charge on any atom is 0.331 e. The Morgan fingerprint density at radius 2 is 2.04 bits per heavy atom. The van der Waals surface area contributed by atoms with Crippen molar-refractivity contribution in [3.05, 3.63) is 42.0 Å². The molecule has 2 heterocycles. The first-order chi connectivity index (χ1) is 11.3. The van der Waals surface area contributed by atoms with Gasteiger partial charge in [-0.15, -0.1) is 11.8 Å². The summed E-state index contributed by atoms with van der Waals surface area (Å²) in [4.78, 5) is 13.3. The van der Waals surface area contributed by atoms with E-state index in [1.807, 2.05) is 11.8 Å². The number of rotatable bonds is 3. The molecule has 0 amide bonds. The zero-order chi connectivity index (χ0) is 15.7. The smallest absolute Gasteiger partial charge is 0.331 e. The van der Waals surface area contributed by atoms with Crippen LogP contribution < -0.4 is 5.32 Å². The van der Waals surface area contributed by atoms with E-state index in [4.69, 9.17) is 4.74 Å². The highest BCUT2D eigenvalue weighted by Gasteiger charge is 2.52. The molecule has 3 atom stereocenters. The van der Waals surface area contributed by atoms with Crippen LogP contribution in [0.1, 0.15) is 38.5 Å². The molecule has 23 heavy (non-hydrogen) atoms. The van der Waals surface area contributed by atoms with Crippen molar-refractivity contribution in [2.45, 2.75) is 60.3 Å². The molecule has 0 aromatic heterocycles. The van der Waals surface area contributed by atoms with Crippen molar-refractivity contribution in [2.24, 2.45) is 0 Å². The number of nitrogens with one attached hydrogen (secondary N) is 1. The molecular formula is C19H23NO2S. The molecule has 4 heteroatoms. The lowest BCUT2D eigenvalue weighted by molar-refractivity contribution is -0.150. The van der Waals surface area contributed by atoms with Crippen LogP contribution in [-0.4, -0.2) is 29.4 Å². The molecule has 3 unspecified atom stereocenters. The van der Waals surface area contributed by atoms with Gasteiger partial charge in [-0.25, -0.2) is 4.79 Å². The molecule has 1 aliphatic carbocycles. The first-order valence-corrected chi connectivity index (χ1v) is 9.53. The zero-order valence-corrected chi connectivity index (χ0v) is 14.1. The molecule has 1 saturated carbocycles. The van der Waals surface area contributed by atoms with E-state index in [2.05, 4.69) is 35.6 Å². The second kappa shape index (κ2) is 6.33. The first kappa shape index (κ1) is 15.3. The Kier molecular flexibility index (Phi) is 4.20. The molecule has 1 saturated heterocycles. The largest absolute Gasteiger partial charge is 0.450 e. The minimum absolute atomic E-state index is 0.141. The Balaban J connectivity index is 1.51. The van der Waals surface area contributed by atoms with Crippen molar-refractivity contribution in [2.75, 3.05) is 6.54 Å². The average molecular weight is 329 g/mol. The molecule has 2 aliphatic heterocycles. The van der Waals surface area contributed by atoms with Crippen LogP contribution in [0.4, 0.5) is 0 Å². The third-order valence-electron chi connectivity index (χ3n) is 5.32. The minimum atomic E-state index is -0.356. The summed E-state index contributed by atoms with van der Waals surface area (Å²) in [7, 11) is 0. The number of carbonyl (C=O) groups is 1. The number of carbonyl (C=O) groups excluding carboxylic acids is 1. The number of ether oxygens (including phenoxy) is 1. The predicted octanol–water partition coefficient (Wildman–Crippen LogP) is 3.70. The van der Waals surface area contributed by atoms with Crippen molar-refractivity contribution < 1.29 is 9.53 Å². The molecule has 3 aliphatic rings. The summed E-state index contributed by atoms with van der Waals surface area (Å²) >= 11 is 1.93. The molecule has 4 rings (SSSR count). The van der Waals surface area contributed by atoms with E-state index < -0.39 is 0 Å². The summed E-state index contributed by atoms with van der Waals surface area (Å²) in [6, 6.07) is 10.9. The summed E-state index contributed by atoms with van der Waals surface area (Å²) < 4.78 is 5.89. The van der Waals surface area contributed by atoms with Gasteiger partial charge in [0.15, 0.2) is 0 Å². The molecule has 2 fully saturated rings. The van der Waals surface area contributed by atoms with E-state index in [1.54, 1.807) is 6.08 Å². The van der Waals surface area contributed by atoms with Crippen molar-refractivity contribution in [1.82, 2.24) is 5.32 Å². The SMILES string of the molecule is O=C1C=C2CC(Sc3ccccc3)CCC2(C2CCCCN2)O1. The maximum absolute atomic E-state index is 12.0. The van der Waals surface area contributed by atoms with Gasteiger partial charge in [-0.05, 0) is 56.4 Å². The molecule has 1 aromatic carbocycles. The summed E-state index contributed by atoms with van der Waals surface area (Å²) in [6.07, 6.45) is 8.35. The Labute approximate surface area is 141 Å². The van der Waals surface area contributed by atoms with Gasteiger partial charge in [-0.2, -0.15) is 0 Å². The second-order valence-corrected chi connectivity index (χ2v) is 8.15. The van der Waals surface area contributed by atoms with Crippen molar-refractivity contribution in [1.29, 1.82) is 0 Å². The Hall–Kier alpha value is -1.26. The molecule has 0 radical (unpaired) electrons. The van der Waals surface area contributed by atoms with E-state index in [-0.39, 0.29) is 11.6 Å². The van der Waals surface area contributed by atoms with Crippen LogP contribution in [0.5, 0.6) is 0 Å². The first-order valence-electron chi connectivity index (χ1n) is 8.65. The number of thioether (sulfide) groups is 1. The number of hydrogen-bond donors (Lipinski definition) is 1. The van der Waals surface area contributed by atoms with Gasteiger partial charge in [0, 0.05) is 16.2 Å². The second-order valence-electron chi connectivity index (χ2n) is 6.78. The van der Waals surface area contributed by atoms with Crippen LogP contribution >= 0.6 is 11.8 Å². The van der Waals surface area contributed by atoms with E-state index >= 15 is 0 Å². The van der Waals surface area contributed by atoms with E-state index in [0.717, 1.165) is 32.2 Å². The van der Waals surface area contributed by atoms with Crippen LogP contribution in [-0.2, 0) is 9.53 Å². The Morgan fingerprint density at radius 1 is 1.17 bits per heavy atom. The molecule has 0 bridgehead atoms. The number of esters is 1. The van der Waals surface area contributed by atoms with Gasteiger partial charge < -0.3 is 10.1 Å². The molecule has 3 nitrogen and oxygen atoms in total. The van der Waals surface area contributed by atoms with Crippen LogP contribution in [0.3, 0.4) is 0 Å². The van der Waals surface area contributed by atoms with Gasteiger partial charge >= 0.3 is 5.97 Å². The van der Waals surface area contributed by atoms with Gasteiger partial charge in [-0.1, -0.05) is 24.6 Å². The van der Waals surface area contributed by atoms with Gasteiger partial charge in [0.2, 0.25) is 0 Å². The predicted molar refractivity (Wildman–Crippen MR) is 92.5 cm³/mol. The van der Waals surface area contributed by atoms with Gasteiger partial charge in [-0.3, -0.25) is 0 Å². The van der Waals surface area contributed by atoms with E-state index in [9.17, 15) is 4.79 Å². The Bertz CT molecular complexity index is 609. The lowest BCUT2D eigenvalue weighted by Crippen LogP contribution is -2.56. The number of fused-ring (bicyclic) bond motifs is 1. The fourth-order valence-corrected chi connectivity index (χ4v) is 5.41. The van der Waals surface area contributed by atoms with Crippen LogP contribution in [0.15, 0.2) is 46.9 Å². The van der Waals surface area contributed by atoms with Gasteiger partial charge in [0.25, 0.3) is 0 Å². The van der Waals surface area contributed by atoms with Crippen molar-refractivity contribution in [3.8, 4) is 0 Å². The third-order valence-corrected chi connectivity index (χ3v) is 6.60. The average Bonchev–Trinajstić information content (AvgIpc) is 2.93. The summed E-state index contributed by atoms with van der Waals surface area (Å²) in [5, 5.41) is 4.15. The van der Waals surface area contributed by atoms with E-state index in [0.29, 0.717) is 11.3 Å². The molecule has 122 valence electrons. The Morgan fingerprint density at radius 3 is 2.83 bits per heavy atom. The highest BCUT2D eigenvalue weighted by atomic mass is 32.2. The number of benzene rings is 1. The van der Waals surface area contributed by atoms with Gasteiger partial charge in [0.05, 0.1) is 6.04 Å². The monoisotopic (exact) mass is 329 g/mol. The van der Waals surface area contributed by atoms with Crippen LogP contribution in [0.2, 0.25) is 0 Å². The molecular weight excluding hydrogens is 306 g/mol. The lowest BCUT2D eigenvalue weighted by Gasteiger charge is -2.45. The molecule has 1 N–H and O–H groups in total. The summed E-state index contributed by atoms with van der Waals surface area (Å²) in [5.74, 6) is -0.141. The standard InChI is InChI=1S/C19H23NO2S/c21-18-13-14-12-16(23-15-6-2-1-3-7-15)9-10-19(14,22-18)17-8-4-5-11-20-17/h1-3,6-7,13,16-17,20H,4-5,8-12H2. The lowest BCUT2D eigenvalue weighted by atomic mass is 9.73. The van der Waals surface area contributed by atoms with Crippen molar-refractivity contribution >= 4 is 17.7 Å². The number of piperidine rings is 1. The normalized spacial score (nSPS) is 33.7. The molecule has 0 spiro atoms. The van der Waals surface area contributed by atoms with E-state index in [1.165, 1.54) is 23.3 Å². The highest BCUT2D eigenvalue weighted by Crippen LogP contribution is 2.48. The maximum atomic E-state index is 12.0. The zero-order valence-electron chi connectivity index (χ0n) is 13.3. The van der Waals surface area contributed by atoms with Crippen LogP contribution in [0, 0.1) is 0 Å². The van der Waals surface area contributed by atoms with Crippen molar-refractivity contribution in [3.63, 3.8) is 0 Å². The van der Waals surface area contributed by atoms with Crippen LogP contribution in [0.25, 0.3) is 0 Å². The number of hydrogen-bond acceptors (Lipinski definition) is 4. The summed E-state index contributed by atoms with van der Waals surface area (Å²) in [6.45, 7) is 1.04. The topological polar surface area (TPSA) is 38.3 Å². The molecule has 1 aromatic rings. The van der Waals surface area contributed by atoms with Gasteiger partial charge in [0.1, 0.15) is 5.60 Å². The quantitative estimate of drug-likeness (QED) is 0.858. The minimum Gasteiger partial charge on any atom is -0.450 e.